The molecule has 6 heteroatoms. The Kier molecular flexibility index (Phi) is 4.88. The molecule has 0 aliphatic heterocycles. The molecule has 2 N–H and O–H groups in total. The second-order valence-electron chi connectivity index (χ2n) is 4.59. The highest BCUT2D eigenvalue weighted by Gasteiger charge is 2.29. The third kappa shape index (κ3) is 4.33. The lowest BCUT2D eigenvalue weighted by molar-refractivity contribution is -0.137. The van der Waals surface area contributed by atoms with Crippen molar-refractivity contribution in [3.05, 3.63) is 56.2 Å². The Morgan fingerprint density at radius 2 is 1.80 bits per heavy atom. The van der Waals surface area contributed by atoms with E-state index in [2.05, 4.69) is 15.9 Å². The summed E-state index contributed by atoms with van der Waals surface area (Å²) in [6.45, 7) is 0. The zero-order valence-corrected chi connectivity index (χ0v) is 12.9. The van der Waals surface area contributed by atoms with Gasteiger partial charge < -0.3 is 5.73 Å². The first-order chi connectivity index (χ1) is 9.34. The molecule has 0 saturated carbocycles. The van der Waals surface area contributed by atoms with Gasteiger partial charge in [0.25, 0.3) is 0 Å². The van der Waals surface area contributed by atoms with E-state index < -0.39 is 11.7 Å². The van der Waals surface area contributed by atoms with Crippen LogP contribution >= 0.6 is 27.3 Å². The van der Waals surface area contributed by atoms with Crippen molar-refractivity contribution >= 4 is 27.3 Å². The Hall–Kier alpha value is -0.850. The van der Waals surface area contributed by atoms with Gasteiger partial charge in [0.1, 0.15) is 0 Å². The lowest BCUT2D eigenvalue weighted by Gasteiger charge is -2.12. The van der Waals surface area contributed by atoms with Gasteiger partial charge in [0, 0.05) is 20.8 Å². The molecule has 1 heterocycles. The molecule has 20 heavy (non-hydrogen) atoms. The van der Waals surface area contributed by atoms with Crippen LogP contribution in [0.5, 0.6) is 0 Å². The first-order valence-electron chi connectivity index (χ1n) is 5.99. The van der Waals surface area contributed by atoms with Gasteiger partial charge in [-0.1, -0.05) is 12.1 Å². The van der Waals surface area contributed by atoms with Gasteiger partial charge in [0.2, 0.25) is 0 Å². The van der Waals surface area contributed by atoms with Gasteiger partial charge in [-0.25, -0.2) is 0 Å². The van der Waals surface area contributed by atoms with Crippen molar-refractivity contribution in [3.8, 4) is 0 Å². The van der Waals surface area contributed by atoms with Crippen LogP contribution in [0, 0.1) is 0 Å². The molecule has 2 aromatic rings. The minimum Gasteiger partial charge on any atom is -0.327 e. The number of benzene rings is 1. The minimum atomic E-state index is -4.29. The van der Waals surface area contributed by atoms with E-state index in [-0.39, 0.29) is 6.04 Å². The van der Waals surface area contributed by atoms with E-state index in [1.165, 1.54) is 12.1 Å². The number of rotatable bonds is 4. The summed E-state index contributed by atoms with van der Waals surface area (Å²) in [7, 11) is 0. The molecule has 0 aliphatic carbocycles. The summed E-state index contributed by atoms with van der Waals surface area (Å²) in [5.41, 5.74) is 6.23. The van der Waals surface area contributed by atoms with Crippen molar-refractivity contribution in [2.45, 2.75) is 25.1 Å². The van der Waals surface area contributed by atoms with Crippen LogP contribution in [0.1, 0.15) is 16.0 Å². The third-order valence-corrected chi connectivity index (χ3v) is 4.58. The first kappa shape index (κ1) is 15.5. The van der Waals surface area contributed by atoms with Crippen LogP contribution in [0.15, 0.2) is 40.2 Å². The monoisotopic (exact) mass is 363 g/mol. The fourth-order valence-corrected chi connectivity index (χ4v) is 3.47. The summed E-state index contributed by atoms with van der Waals surface area (Å²) in [4.78, 5) is 1.16. The van der Waals surface area contributed by atoms with Crippen molar-refractivity contribution < 1.29 is 13.2 Å². The average Bonchev–Trinajstić information content (AvgIpc) is 2.74. The number of thiophene rings is 1. The van der Waals surface area contributed by atoms with E-state index in [1.807, 2.05) is 11.4 Å². The van der Waals surface area contributed by atoms with E-state index in [9.17, 15) is 13.2 Å². The van der Waals surface area contributed by atoms with Gasteiger partial charge in [-0.3, -0.25) is 0 Å². The maximum Gasteiger partial charge on any atom is 0.416 e. The smallest absolute Gasteiger partial charge is 0.327 e. The highest BCUT2D eigenvalue weighted by molar-refractivity contribution is 9.10. The van der Waals surface area contributed by atoms with Crippen molar-refractivity contribution in [2.24, 2.45) is 5.73 Å². The van der Waals surface area contributed by atoms with Gasteiger partial charge in [-0.2, -0.15) is 13.2 Å². The molecule has 0 amide bonds. The van der Waals surface area contributed by atoms with E-state index in [0.717, 1.165) is 33.5 Å². The minimum absolute atomic E-state index is 0.0997. The average molecular weight is 364 g/mol. The van der Waals surface area contributed by atoms with Crippen molar-refractivity contribution in [1.82, 2.24) is 0 Å². The molecule has 0 radical (unpaired) electrons. The highest BCUT2D eigenvalue weighted by Crippen LogP contribution is 2.29. The fraction of sp³-hybridized carbons (Fsp3) is 0.286. The third-order valence-electron chi connectivity index (χ3n) is 2.86. The predicted molar refractivity (Wildman–Crippen MR) is 78.8 cm³/mol. The standard InChI is InChI=1S/C14H13BrF3NS/c15-11-6-13(20-8-11)7-12(19)5-9-1-3-10(4-2-9)14(16,17)18/h1-4,6,8,12H,5,7,19H2. The summed E-state index contributed by atoms with van der Waals surface area (Å²) in [6, 6.07) is 7.10. The summed E-state index contributed by atoms with van der Waals surface area (Å²) >= 11 is 5.00. The van der Waals surface area contributed by atoms with Crippen LogP contribution in [0.4, 0.5) is 13.2 Å². The molecular weight excluding hydrogens is 351 g/mol. The second-order valence-corrected chi connectivity index (χ2v) is 6.51. The van der Waals surface area contributed by atoms with Gasteiger partial charge in [-0.05, 0) is 52.5 Å². The Morgan fingerprint density at radius 1 is 1.15 bits per heavy atom. The molecule has 2 rings (SSSR count). The lowest BCUT2D eigenvalue weighted by atomic mass is 10.0. The Balaban J connectivity index is 1.96. The number of hydrogen-bond acceptors (Lipinski definition) is 2. The maximum absolute atomic E-state index is 12.4. The zero-order valence-electron chi connectivity index (χ0n) is 10.5. The molecule has 0 spiro atoms. The lowest BCUT2D eigenvalue weighted by Crippen LogP contribution is -2.25. The van der Waals surface area contributed by atoms with Crippen LogP contribution in [0.3, 0.4) is 0 Å². The van der Waals surface area contributed by atoms with Crippen molar-refractivity contribution in [2.75, 3.05) is 0 Å². The molecule has 1 aromatic carbocycles. The van der Waals surface area contributed by atoms with Crippen LogP contribution in [-0.2, 0) is 19.0 Å². The highest BCUT2D eigenvalue weighted by atomic mass is 79.9. The summed E-state index contributed by atoms with van der Waals surface area (Å²) < 4.78 is 38.4. The van der Waals surface area contributed by atoms with Crippen LogP contribution in [-0.4, -0.2) is 6.04 Å². The molecule has 1 atom stereocenters. The van der Waals surface area contributed by atoms with Gasteiger partial charge in [0.15, 0.2) is 0 Å². The normalized spacial score (nSPS) is 13.4. The van der Waals surface area contributed by atoms with Gasteiger partial charge >= 0.3 is 6.18 Å². The van der Waals surface area contributed by atoms with E-state index in [0.29, 0.717) is 6.42 Å². The SMILES string of the molecule is NC(Cc1ccc(C(F)(F)F)cc1)Cc1cc(Br)cs1. The largest absolute Gasteiger partial charge is 0.416 e. The molecule has 108 valence electrons. The van der Waals surface area contributed by atoms with E-state index >= 15 is 0 Å². The van der Waals surface area contributed by atoms with Crippen LogP contribution in [0.2, 0.25) is 0 Å². The van der Waals surface area contributed by atoms with Crippen LogP contribution in [0.25, 0.3) is 0 Å². The second kappa shape index (κ2) is 6.28. The topological polar surface area (TPSA) is 26.0 Å². The summed E-state index contributed by atoms with van der Waals surface area (Å²) in [6.07, 6.45) is -3.01. The summed E-state index contributed by atoms with van der Waals surface area (Å²) in [5, 5.41) is 1.99. The number of halogens is 4. The van der Waals surface area contributed by atoms with Crippen LogP contribution < -0.4 is 5.73 Å². The quantitative estimate of drug-likeness (QED) is 0.840. The van der Waals surface area contributed by atoms with E-state index in [1.54, 1.807) is 11.3 Å². The molecule has 1 unspecified atom stereocenters. The number of alkyl halides is 3. The molecule has 0 fully saturated rings. The summed E-state index contributed by atoms with van der Waals surface area (Å²) in [5.74, 6) is 0. The van der Waals surface area contributed by atoms with E-state index in [4.69, 9.17) is 5.73 Å². The molecule has 0 aliphatic rings. The molecule has 0 bridgehead atoms. The predicted octanol–water partition coefficient (Wildman–Crippen LogP) is 4.64. The number of nitrogens with two attached hydrogens (primary N) is 1. The molecular formula is C14H13BrF3NS. The molecule has 0 saturated heterocycles. The molecule has 1 nitrogen and oxygen atoms in total. The Morgan fingerprint density at radius 3 is 2.30 bits per heavy atom. The maximum atomic E-state index is 12.4. The van der Waals surface area contributed by atoms with Crippen molar-refractivity contribution in [3.63, 3.8) is 0 Å². The Labute approximate surface area is 127 Å². The van der Waals surface area contributed by atoms with Crippen molar-refractivity contribution in [1.29, 1.82) is 0 Å². The van der Waals surface area contributed by atoms with Gasteiger partial charge in [-0.15, -0.1) is 11.3 Å². The zero-order chi connectivity index (χ0) is 14.8. The number of hydrogen-bond donors (Lipinski definition) is 1. The fourth-order valence-electron chi connectivity index (χ4n) is 1.92. The Bertz CT molecular complexity index is 563. The molecule has 1 aromatic heterocycles. The van der Waals surface area contributed by atoms with Gasteiger partial charge in [0.05, 0.1) is 5.56 Å². The first-order valence-corrected chi connectivity index (χ1v) is 7.66.